The van der Waals surface area contributed by atoms with Crippen molar-refractivity contribution in [1.29, 1.82) is 0 Å². The van der Waals surface area contributed by atoms with Crippen molar-refractivity contribution < 1.29 is 19.8 Å². The molecule has 0 unspecified atom stereocenters. The van der Waals surface area contributed by atoms with Gasteiger partial charge in [0.2, 0.25) is 0 Å². The van der Waals surface area contributed by atoms with Gasteiger partial charge in [0.1, 0.15) is 0 Å². The first-order valence-electron chi connectivity index (χ1n) is 4.82. The van der Waals surface area contributed by atoms with Crippen LogP contribution in [0.4, 0.5) is 0 Å². The summed E-state index contributed by atoms with van der Waals surface area (Å²) in [7, 11) is 0. The summed E-state index contributed by atoms with van der Waals surface area (Å²) in [6.07, 6.45) is 3.94. The maximum Gasteiger partial charge on any atom is 0.414 e. The summed E-state index contributed by atoms with van der Waals surface area (Å²) >= 11 is 5.55. The number of aliphatic carboxylic acids is 2. The molecule has 0 aromatic carbocycles. The Balaban J connectivity index is 0.000000288. The predicted molar refractivity (Wildman–Crippen MR) is 56.3 cm³/mol. The maximum absolute atomic E-state index is 9.10. The number of carboxylic acids is 2. The number of hydrogen-bond donors (Lipinski definition) is 2. The van der Waals surface area contributed by atoms with Crippen molar-refractivity contribution in [2.24, 2.45) is 0 Å². The van der Waals surface area contributed by atoms with Gasteiger partial charge in [0.15, 0.2) is 0 Å². The molecule has 0 spiro atoms. The van der Waals surface area contributed by atoms with Crippen LogP contribution in [0, 0.1) is 0 Å². The Morgan fingerprint density at radius 3 is 1.93 bits per heavy atom. The molecule has 0 radical (unpaired) electrons. The number of halogens is 1. The molecule has 0 aliphatic carbocycles. The summed E-state index contributed by atoms with van der Waals surface area (Å²) in [4.78, 5) is 20.7. The fourth-order valence-corrected chi connectivity index (χ4v) is 1.41. The monoisotopic (exact) mass is 237 g/mol. The molecule has 1 saturated heterocycles. The van der Waals surface area contributed by atoms with Crippen LogP contribution in [0.15, 0.2) is 0 Å². The molecule has 1 heterocycles. The van der Waals surface area contributed by atoms with Gasteiger partial charge >= 0.3 is 11.9 Å². The van der Waals surface area contributed by atoms with E-state index in [0.717, 1.165) is 12.3 Å². The van der Waals surface area contributed by atoms with Gasteiger partial charge < -0.3 is 15.1 Å². The van der Waals surface area contributed by atoms with Crippen LogP contribution in [0.1, 0.15) is 19.3 Å². The highest BCUT2D eigenvalue weighted by atomic mass is 35.5. The van der Waals surface area contributed by atoms with Crippen molar-refractivity contribution in [1.82, 2.24) is 4.90 Å². The fourth-order valence-electron chi connectivity index (χ4n) is 1.29. The number of nitrogens with zero attached hydrogens (tertiary/aromatic N) is 1. The lowest BCUT2D eigenvalue weighted by molar-refractivity contribution is -0.159. The van der Waals surface area contributed by atoms with Gasteiger partial charge in [-0.3, -0.25) is 0 Å². The second-order valence-electron chi connectivity index (χ2n) is 3.20. The molecule has 5 nitrogen and oxygen atoms in total. The third-order valence-corrected chi connectivity index (χ3v) is 2.26. The molecule has 0 aromatic heterocycles. The van der Waals surface area contributed by atoms with Crippen LogP contribution >= 0.6 is 11.6 Å². The third-order valence-electron chi connectivity index (χ3n) is 1.99. The number of rotatable bonds is 3. The average molecular weight is 238 g/mol. The van der Waals surface area contributed by atoms with Gasteiger partial charge in [0.05, 0.1) is 0 Å². The zero-order valence-corrected chi connectivity index (χ0v) is 9.24. The molecule has 0 atom stereocenters. The molecule has 6 heteroatoms. The fraction of sp³-hybridized carbons (Fsp3) is 0.778. The smallest absolute Gasteiger partial charge is 0.414 e. The standard InChI is InChI=1S/C7H14ClN.C2H2O4/c8-4-3-7-9-5-1-2-6-9;3-1(4)2(5)6/h1-7H2;(H,3,4)(H,5,6). The van der Waals surface area contributed by atoms with E-state index in [1.807, 2.05) is 0 Å². The molecule has 1 aliphatic rings. The molecule has 15 heavy (non-hydrogen) atoms. The van der Waals surface area contributed by atoms with Crippen molar-refractivity contribution in [2.45, 2.75) is 19.3 Å². The van der Waals surface area contributed by atoms with Crippen molar-refractivity contribution in [3.8, 4) is 0 Å². The van der Waals surface area contributed by atoms with Gasteiger partial charge in [-0.15, -0.1) is 11.6 Å². The summed E-state index contributed by atoms with van der Waals surface area (Å²) in [5, 5.41) is 14.8. The Kier molecular flexibility index (Phi) is 8.04. The van der Waals surface area contributed by atoms with Crippen LogP contribution < -0.4 is 0 Å². The molecule has 1 fully saturated rings. The quantitative estimate of drug-likeness (QED) is 0.563. The lowest BCUT2D eigenvalue weighted by atomic mass is 10.4. The number of hydrogen-bond acceptors (Lipinski definition) is 3. The SMILES string of the molecule is ClCCCN1CCCC1.O=C(O)C(=O)O. The molecular weight excluding hydrogens is 222 g/mol. The molecular formula is C9H16ClNO4. The van der Waals surface area contributed by atoms with E-state index >= 15 is 0 Å². The molecule has 0 saturated carbocycles. The van der Waals surface area contributed by atoms with E-state index in [2.05, 4.69) is 4.90 Å². The van der Waals surface area contributed by atoms with Crippen molar-refractivity contribution in [3.63, 3.8) is 0 Å². The van der Waals surface area contributed by atoms with Crippen LogP contribution in [0.3, 0.4) is 0 Å². The van der Waals surface area contributed by atoms with E-state index in [-0.39, 0.29) is 0 Å². The highest BCUT2D eigenvalue weighted by molar-refractivity contribution is 6.27. The Labute approximate surface area is 93.6 Å². The molecule has 0 aromatic rings. The summed E-state index contributed by atoms with van der Waals surface area (Å²) < 4.78 is 0. The van der Waals surface area contributed by atoms with Gasteiger partial charge in [-0.05, 0) is 38.9 Å². The normalized spacial score (nSPS) is 15.5. The molecule has 88 valence electrons. The third kappa shape index (κ3) is 8.20. The molecule has 1 aliphatic heterocycles. The number of likely N-dealkylation sites (tertiary alicyclic amines) is 1. The van der Waals surface area contributed by atoms with E-state index in [1.165, 1.54) is 32.5 Å². The molecule has 1 rings (SSSR count). The minimum Gasteiger partial charge on any atom is -0.473 e. The highest BCUT2D eigenvalue weighted by Gasteiger charge is 2.09. The highest BCUT2D eigenvalue weighted by Crippen LogP contribution is 2.07. The van der Waals surface area contributed by atoms with Gasteiger partial charge in [-0.25, -0.2) is 9.59 Å². The zero-order valence-electron chi connectivity index (χ0n) is 8.49. The van der Waals surface area contributed by atoms with Crippen LogP contribution in [-0.4, -0.2) is 52.6 Å². The first-order valence-corrected chi connectivity index (χ1v) is 5.36. The molecule has 0 amide bonds. The van der Waals surface area contributed by atoms with Gasteiger partial charge in [0, 0.05) is 5.88 Å². The van der Waals surface area contributed by atoms with E-state index in [0.29, 0.717) is 0 Å². The average Bonchev–Trinajstić information content (AvgIpc) is 2.68. The maximum atomic E-state index is 9.10. The number of carboxylic acid groups (broad SMARTS) is 2. The Hall–Kier alpha value is -0.810. The Bertz CT molecular complexity index is 192. The Morgan fingerprint density at radius 2 is 1.60 bits per heavy atom. The van der Waals surface area contributed by atoms with Gasteiger partial charge in [0.25, 0.3) is 0 Å². The van der Waals surface area contributed by atoms with Crippen molar-refractivity contribution >= 4 is 23.5 Å². The van der Waals surface area contributed by atoms with E-state index in [9.17, 15) is 0 Å². The van der Waals surface area contributed by atoms with Crippen LogP contribution in [0.25, 0.3) is 0 Å². The summed E-state index contributed by atoms with van der Waals surface area (Å²) in [6.45, 7) is 3.82. The van der Waals surface area contributed by atoms with E-state index in [1.54, 1.807) is 0 Å². The first kappa shape index (κ1) is 14.2. The van der Waals surface area contributed by atoms with Crippen LogP contribution in [-0.2, 0) is 9.59 Å². The predicted octanol–water partition coefficient (Wildman–Crippen LogP) is 0.867. The summed E-state index contributed by atoms with van der Waals surface area (Å²) in [5.41, 5.74) is 0. The van der Waals surface area contributed by atoms with Crippen LogP contribution in [0.2, 0.25) is 0 Å². The van der Waals surface area contributed by atoms with Crippen LogP contribution in [0.5, 0.6) is 0 Å². The van der Waals surface area contributed by atoms with E-state index < -0.39 is 11.9 Å². The molecule has 0 bridgehead atoms. The molecule has 2 N–H and O–H groups in total. The zero-order chi connectivity index (χ0) is 11.7. The minimum absolute atomic E-state index is 0.816. The number of alkyl halides is 1. The Morgan fingerprint density at radius 1 is 1.13 bits per heavy atom. The second-order valence-corrected chi connectivity index (χ2v) is 3.58. The van der Waals surface area contributed by atoms with E-state index in [4.69, 9.17) is 31.4 Å². The summed E-state index contributed by atoms with van der Waals surface area (Å²) in [5.74, 6) is -2.83. The topological polar surface area (TPSA) is 77.8 Å². The minimum atomic E-state index is -1.82. The number of carbonyl (C=O) groups is 2. The lowest BCUT2D eigenvalue weighted by Crippen LogP contribution is -2.20. The largest absolute Gasteiger partial charge is 0.473 e. The second kappa shape index (κ2) is 8.49. The van der Waals surface area contributed by atoms with Crippen molar-refractivity contribution in [3.05, 3.63) is 0 Å². The summed E-state index contributed by atoms with van der Waals surface area (Å²) in [6, 6.07) is 0. The lowest BCUT2D eigenvalue weighted by Gasteiger charge is -2.12. The van der Waals surface area contributed by atoms with Gasteiger partial charge in [-0.2, -0.15) is 0 Å². The van der Waals surface area contributed by atoms with Crippen molar-refractivity contribution in [2.75, 3.05) is 25.5 Å². The van der Waals surface area contributed by atoms with Gasteiger partial charge in [-0.1, -0.05) is 0 Å². The first-order chi connectivity index (χ1) is 7.07.